The summed E-state index contributed by atoms with van der Waals surface area (Å²) in [6, 6.07) is 10.2. The molecular formula is C15H13ClN2O4S2. The van der Waals surface area contributed by atoms with Crippen molar-refractivity contribution >= 4 is 32.8 Å². The molecule has 9 heteroatoms. The van der Waals surface area contributed by atoms with E-state index in [1.54, 1.807) is 24.3 Å². The van der Waals surface area contributed by atoms with Gasteiger partial charge in [-0.2, -0.15) is 4.98 Å². The number of nitrogens with zero attached hydrogens (tertiary/aromatic N) is 2. The second kappa shape index (κ2) is 6.92. The molecule has 24 heavy (non-hydrogen) atoms. The number of thiophene rings is 1. The van der Waals surface area contributed by atoms with Crippen LogP contribution in [0.4, 0.5) is 0 Å². The lowest BCUT2D eigenvalue weighted by Crippen LogP contribution is -2.03. The Hall–Kier alpha value is -1.90. The predicted molar refractivity (Wildman–Crippen MR) is 91.1 cm³/mol. The molecule has 0 aliphatic carbocycles. The van der Waals surface area contributed by atoms with Crippen LogP contribution >= 0.6 is 22.9 Å². The Morgan fingerprint density at radius 2 is 1.96 bits per heavy atom. The summed E-state index contributed by atoms with van der Waals surface area (Å²) in [4.78, 5) is 4.15. The first-order valence-electron chi connectivity index (χ1n) is 7.02. The molecule has 6 nitrogen and oxygen atoms in total. The van der Waals surface area contributed by atoms with E-state index in [2.05, 4.69) is 10.1 Å². The summed E-state index contributed by atoms with van der Waals surface area (Å²) in [6.07, 6.45) is 0. The average Bonchev–Trinajstić information content (AvgIpc) is 3.17. The van der Waals surface area contributed by atoms with E-state index in [9.17, 15) is 8.42 Å². The van der Waals surface area contributed by atoms with Crippen molar-refractivity contribution in [2.45, 2.75) is 16.9 Å². The van der Waals surface area contributed by atoms with Gasteiger partial charge in [-0.3, -0.25) is 0 Å². The van der Waals surface area contributed by atoms with Gasteiger partial charge in [-0.25, -0.2) is 8.42 Å². The molecule has 0 fully saturated rings. The van der Waals surface area contributed by atoms with Gasteiger partial charge >= 0.3 is 0 Å². The van der Waals surface area contributed by atoms with Crippen LogP contribution in [0.5, 0.6) is 5.75 Å². The molecule has 2 aromatic heterocycles. The number of benzene rings is 1. The Morgan fingerprint density at radius 1 is 1.21 bits per heavy atom. The molecule has 0 amide bonds. The van der Waals surface area contributed by atoms with E-state index in [4.69, 9.17) is 20.9 Å². The van der Waals surface area contributed by atoms with Gasteiger partial charge in [0.15, 0.2) is 9.84 Å². The van der Waals surface area contributed by atoms with Crippen molar-refractivity contribution in [3.8, 4) is 17.1 Å². The van der Waals surface area contributed by atoms with Crippen LogP contribution in [0.1, 0.15) is 12.8 Å². The molecule has 3 rings (SSSR count). The van der Waals surface area contributed by atoms with E-state index in [1.165, 1.54) is 12.1 Å². The summed E-state index contributed by atoms with van der Waals surface area (Å²) in [6.45, 7) is 2.48. The number of halogens is 1. The van der Waals surface area contributed by atoms with Crippen LogP contribution in [0.3, 0.4) is 0 Å². The number of hydrogen-bond acceptors (Lipinski definition) is 7. The van der Waals surface area contributed by atoms with Crippen LogP contribution in [-0.4, -0.2) is 25.2 Å². The Labute approximate surface area is 148 Å². The van der Waals surface area contributed by atoms with Gasteiger partial charge in [0.2, 0.25) is 11.7 Å². The molecule has 126 valence electrons. The van der Waals surface area contributed by atoms with E-state index in [-0.39, 0.29) is 15.9 Å². The van der Waals surface area contributed by atoms with Crippen LogP contribution in [-0.2, 0) is 15.6 Å². The summed E-state index contributed by atoms with van der Waals surface area (Å²) in [5, 5.41) is 3.83. The minimum atomic E-state index is -3.56. The van der Waals surface area contributed by atoms with Crippen molar-refractivity contribution in [2.75, 3.05) is 6.61 Å². The van der Waals surface area contributed by atoms with Gasteiger partial charge in [0, 0.05) is 5.56 Å². The molecule has 1 aromatic carbocycles. The fourth-order valence-corrected chi connectivity index (χ4v) is 4.72. The highest BCUT2D eigenvalue weighted by Gasteiger charge is 2.22. The third-order valence-corrected chi connectivity index (χ3v) is 6.47. The topological polar surface area (TPSA) is 82.3 Å². The van der Waals surface area contributed by atoms with E-state index < -0.39 is 9.84 Å². The second-order valence-electron chi connectivity index (χ2n) is 4.79. The molecular weight excluding hydrogens is 372 g/mol. The van der Waals surface area contributed by atoms with Crippen molar-refractivity contribution in [2.24, 2.45) is 0 Å². The van der Waals surface area contributed by atoms with Gasteiger partial charge in [0.05, 0.1) is 10.9 Å². The lowest BCUT2D eigenvalue weighted by atomic mass is 10.2. The Morgan fingerprint density at radius 3 is 2.58 bits per heavy atom. The van der Waals surface area contributed by atoms with Crippen LogP contribution in [0.25, 0.3) is 11.4 Å². The summed E-state index contributed by atoms with van der Waals surface area (Å²) >= 11 is 6.78. The van der Waals surface area contributed by atoms with Crippen molar-refractivity contribution < 1.29 is 17.7 Å². The number of rotatable bonds is 6. The largest absolute Gasteiger partial charge is 0.494 e. The van der Waals surface area contributed by atoms with Crippen LogP contribution in [0.2, 0.25) is 4.34 Å². The maximum Gasteiger partial charge on any atom is 0.242 e. The number of ether oxygens (including phenoxy) is 1. The minimum absolute atomic E-state index is 0.0309. The Balaban J connectivity index is 1.78. The van der Waals surface area contributed by atoms with Gasteiger partial charge in [0.25, 0.3) is 0 Å². The Kier molecular flexibility index (Phi) is 4.88. The predicted octanol–water partition coefficient (Wildman–Crippen LogP) is 3.82. The molecule has 0 atom stereocenters. The maximum absolute atomic E-state index is 12.3. The normalized spacial score (nSPS) is 11.6. The molecule has 3 aromatic rings. The van der Waals surface area contributed by atoms with Gasteiger partial charge in [-0.15, -0.1) is 11.3 Å². The molecule has 0 aliphatic heterocycles. The summed E-state index contributed by atoms with van der Waals surface area (Å²) < 4.78 is 35.6. The molecule has 0 N–H and O–H groups in total. The van der Waals surface area contributed by atoms with Crippen LogP contribution in [0, 0.1) is 0 Å². The lowest BCUT2D eigenvalue weighted by molar-refractivity contribution is 0.340. The highest BCUT2D eigenvalue weighted by atomic mass is 35.5. The summed E-state index contributed by atoms with van der Waals surface area (Å²) in [7, 11) is -3.56. The average molecular weight is 385 g/mol. The molecule has 0 radical (unpaired) electrons. The summed E-state index contributed by atoms with van der Waals surface area (Å²) in [5.41, 5.74) is 0.713. The molecule has 0 unspecified atom stereocenters. The van der Waals surface area contributed by atoms with Crippen molar-refractivity contribution in [3.63, 3.8) is 0 Å². The maximum atomic E-state index is 12.3. The smallest absolute Gasteiger partial charge is 0.242 e. The zero-order valence-corrected chi connectivity index (χ0v) is 15.0. The number of aromatic nitrogens is 2. The standard InChI is InChI=1S/C15H13ClN2O4S2/c1-2-21-11-5-3-10(4-6-11)15-17-13(22-18-15)9-24(19,20)14-8-7-12(16)23-14/h3-8H,2,9H2,1H3. The van der Waals surface area contributed by atoms with Gasteiger partial charge < -0.3 is 9.26 Å². The molecule has 2 heterocycles. The van der Waals surface area contributed by atoms with Crippen molar-refractivity contribution in [1.82, 2.24) is 10.1 Å². The highest BCUT2D eigenvalue weighted by Crippen LogP contribution is 2.28. The third kappa shape index (κ3) is 3.77. The molecule has 0 saturated heterocycles. The Bertz CT molecular complexity index is 933. The molecule has 0 bridgehead atoms. The van der Waals surface area contributed by atoms with Crippen LogP contribution < -0.4 is 4.74 Å². The van der Waals surface area contributed by atoms with E-state index in [0.29, 0.717) is 22.3 Å². The third-order valence-electron chi connectivity index (χ3n) is 3.06. The quantitative estimate of drug-likeness (QED) is 0.642. The summed E-state index contributed by atoms with van der Waals surface area (Å²) in [5.74, 6) is 0.728. The van der Waals surface area contributed by atoms with Crippen molar-refractivity contribution in [3.05, 3.63) is 46.6 Å². The fourth-order valence-electron chi connectivity index (χ4n) is 2.00. The lowest BCUT2D eigenvalue weighted by Gasteiger charge is -2.02. The first-order valence-corrected chi connectivity index (χ1v) is 9.86. The second-order valence-corrected chi connectivity index (χ2v) is 8.72. The zero-order valence-electron chi connectivity index (χ0n) is 12.6. The van der Waals surface area contributed by atoms with E-state index >= 15 is 0 Å². The van der Waals surface area contributed by atoms with E-state index in [0.717, 1.165) is 17.1 Å². The fraction of sp³-hybridized carbons (Fsp3) is 0.200. The first-order chi connectivity index (χ1) is 11.5. The SMILES string of the molecule is CCOc1ccc(-c2noc(CS(=O)(=O)c3ccc(Cl)s3)n2)cc1. The molecule has 0 aliphatic rings. The first kappa shape index (κ1) is 16.9. The van der Waals surface area contributed by atoms with E-state index in [1.807, 2.05) is 6.92 Å². The van der Waals surface area contributed by atoms with Gasteiger partial charge in [0.1, 0.15) is 15.7 Å². The van der Waals surface area contributed by atoms with Crippen molar-refractivity contribution in [1.29, 1.82) is 0 Å². The molecule has 0 spiro atoms. The van der Waals surface area contributed by atoms with Gasteiger partial charge in [-0.05, 0) is 43.3 Å². The monoisotopic (exact) mass is 384 g/mol. The highest BCUT2D eigenvalue weighted by molar-refractivity contribution is 7.92. The van der Waals surface area contributed by atoms with Gasteiger partial charge in [-0.1, -0.05) is 16.8 Å². The number of hydrogen-bond donors (Lipinski definition) is 0. The minimum Gasteiger partial charge on any atom is -0.494 e. The molecule has 0 saturated carbocycles. The van der Waals surface area contributed by atoms with Crippen LogP contribution in [0.15, 0.2) is 45.1 Å². The number of sulfone groups is 1. The zero-order chi connectivity index (χ0) is 17.2.